The summed E-state index contributed by atoms with van der Waals surface area (Å²) in [7, 11) is 0. The summed E-state index contributed by atoms with van der Waals surface area (Å²) in [6, 6.07) is 20.3. The second-order valence-electron chi connectivity index (χ2n) is 7.79. The van der Waals surface area contributed by atoms with Gasteiger partial charge in [0.2, 0.25) is 5.91 Å². The van der Waals surface area contributed by atoms with Gasteiger partial charge in [-0.05, 0) is 43.3 Å². The Balaban J connectivity index is 1.53. The van der Waals surface area contributed by atoms with Gasteiger partial charge >= 0.3 is 6.03 Å². The number of aromatic nitrogens is 2. The zero-order chi connectivity index (χ0) is 25.7. The molecule has 1 heterocycles. The van der Waals surface area contributed by atoms with E-state index in [-0.39, 0.29) is 18.8 Å². The van der Waals surface area contributed by atoms with Gasteiger partial charge in [0.25, 0.3) is 0 Å². The molecule has 4 rings (SSSR count). The fraction of sp³-hybridized carbons (Fsp3) is 0.115. The SMILES string of the molecule is CCN(CC(=O)Nc1cc(-c2ccccc2)nn1-c1ccc(Cl)cc1)C(=O)Nc1ccc(F)cc1F. The van der Waals surface area contributed by atoms with Crippen molar-refractivity contribution in [1.29, 1.82) is 0 Å². The van der Waals surface area contributed by atoms with Gasteiger partial charge in [0, 0.05) is 29.3 Å². The molecule has 3 amide bonds. The fourth-order valence-corrected chi connectivity index (χ4v) is 3.59. The zero-order valence-electron chi connectivity index (χ0n) is 19.2. The number of carbonyl (C=O) groups is 2. The highest BCUT2D eigenvalue weighted by atomic mass is 35.5. The maximum atomic E-state index is 13.9. The third kappa shape index (κ3) is 5.87. The lowest BCUT2D eigenvalue weighted by Gasteiger charge is -2.21. The maximum absolute atomic E-state index is 13.9. The largest absolute Gasteiger partial charge is 0.322 e. The summed E-state index contributed by atoms with van der Waals surface area (Å²) >= 11 is 6.02. The van der Waals surface area contributed by atoms with Crippen LogP contribution in [0, 0.1) is 11.6 Å². The van der Waals surface area contributed by atoms with Gasteiger partial charge in [-0.2, -0.15) is 5.10 Å². The number of anilines is 2. The number of amides is 3. The molecular formula is C26H22ClF2N5O2. The summed E-state index contributed by atoms with van der Waals surface area (Å²) in [6.45, 7) is 1.55. The number of rotatable bonds is 7. The Labute approximate surface area is 211 Å². The maximum Gasteiger partial charge on any atom is 0.322 e. The van der Waals surface area contributed by atoms with Crippen LogP contribution < -0.4 is 10.6 Å². The van der Waals surface area contributed by atoms with Crippen LogP contribution in [0.25, 0.3) is 16.9 Å². The Morgan fingerprint density at radius 3 is 2.36 bits per heavy atom. The van der Waals surface area contributed by atoms with Gasteiger partial charge in [-0.15, -0.1) is 0 Å². The van der Waals surface area contributed by atoms with Crippen LogP contribution >= 0.6 is 11.6 Å². The smallest absolute Gasteiger partial charge is 0.315 e. The molecule has 4 aromatic rings. The highest BCUT2D eigenvalue weighted by Crippen LogP contribution is 2.25. The molecule has 0 unspecified atom stereocenters. The van der Waals surface area contributed by atoms with E-state index < -0.39 is 23.6 Å². The number of nitrogens with one attached hydrogen (secondary N) is 2. The molecule has 0 bridgehead atoms. The Kier molecular flexibility index (Phi) is 7.60. The molecule has 0 aliphatic carbocycles. The number of likely N-dealkylation sites (N-methyl/N-ethyl adjacent to an activating group) is 1. The van der Waals surface area contributed by atoms with Crippen LogP contribution in [0.1, 0.15) is 6.92 Å². The molecule has 184 valence electrons. The van der Waals surface area contributed by atoms with Gasteiger partial charge in [0.1, 0.15) is 24.0 Å². The van der Waals surface area contributed by atoms with Crippen LogP contribution in [0.2, 0.25) is 5.02 Å². The van der Waals surface area contributed by atoms with Gasteiger partial charge in [-0.25, -0.2) is 18.3 Å². The van der Waals surface area contributed by atoms with Crippen LogP contribution in [0.3, 0.4) is 0 Å². The van der Waals surface area contributed by atoms with Gasteiger partial charge in [0.15, 0.2) is 0 Å². The van der Waals surface area contributed by atoms with Gasteiger partial charge in [-0.3, -0.25) is 4.79 Å². The van der Waals surface area contributed by atoms with Crippen LogP contribution in [0.5, 0.6) is 0 Å². The van der Waals surface area contributed by atoms with Crippen molar-refractivity contribution in [2.75, 3.05) is 23.7 Å². The molecule has 2 N–H and O–H groups in total. The fourth-order valence-electron chi connectivity index (χ4n) is 3.47. The minimum atomic E-state index is -0.913. The number of carbonyl (C=O) groups excluding carboxylic acids is 2. The summed E-state index contributed by atoms with van der Waals surface area (Å²) in [4.78, 5) is 26.7. The standard InChI is InChI=1S/C26H22ClF2N5O2/c1-2-33(26(36)30-22-13-10-19(28)14-21(22)29)16-25(35)31-24-15-23(17-6-4-3-5-7-17)32-34(24)20-11-8-18(27)9-12-20/h3-15H,2,16H2,1H3,(H,30,36)(H,31,35). The topological polar surface area (TPSA) is 79.3 Å². The lowest BCUT2D eigenvalue weighted by atomic mass is 10.1. The second-order valence-corrected chi connectivity index (χ2v) is 8.22. The van der Waals surface area contributed by atoms with E-state index in [0.29, 0.717) is 28.3 Å². The van der Waals surface area contributed by atoms with E-state index in [4.69, 9.17) is 11.6 Å². The predicted molar refractivity (Wildman–Crippen MR) is 135 cm³/mol. The monoisotopic (exact) mass is 509 g/mol. The van der Waals surface area contributed by atoms with E-state index in [0.717, 1.165) is 17.7 Å². The molecule has 0 saturated carbocycles. The average molecular weight is 510 g/mol. The van der Waals surface area contributed by atoms with Crippen molar-refractivity contribution in [1.82, 2.24) is 14.7 Å². The van der Waals surface area contributed by atoms with E-state index in [1.807, 2.05) is 30.3 Å². The number of urea groups is 1. The van der Waals surface area contributed by atoms with Crippen molar-refractivity contribution in [2.45, 2.75) is 6.92 Å². The van der Waals surface area contributed by atoms with Crippen LogP contribution in [0.15, 0.2) is 78.9 Å². The van der Waals surface area contributed by atoms with E-state index in [1.165, 1.54) is 4.90 Å². The molecule has 0 aliphatic heterocycles. The van der Waals surface area contributed by atoms with Gasteiger partial charge in [-0.1, -0.05) is 41.9 Å². The van der Waals surface area contributed by atoms with Gasteiger partial charge in [0.05, 0.1) is 17.1 Å². The van der Waals surface area contributed by atoms with Crippen molar-refractivity contribution in [2.24, 2.45) is 0 Å². The third-order valence-corrected chi connectivity index (χ3v) is 5.55. The molecule has 1 aromatic heterocycles. The average Bonchev–Trinajstić information content (AvgIpc) is 3.28. The summed E-state index contributed by atoms with van der Waals surface area (Å²) in [6.07, 6.45) is 0. The highest BCUT2D eigenvalue weighted by Gasteiger charge is 2.19. The zero-order valence-corrected chi connectivity index (χ0v) is 20.0. The van der Waals surface area contributed by atoms with E-state index in [2.05, 4.69) is 15.7 Å². The summed E-state index contributed by atoms with van der Waals surface area (Å²) < 4.78 is 28.6. The van der Waals surface area contributed by atoms with Crippen LogP contribution in [-0.2, 0) is 4.79 Å². The molecule has 3 aromatic carbocycles. The lowest BCUT2D eigenvalue weighted by molar-refractivity contribution is -0.116. The van der Waals surface area contributed by atoms with Crippen molar-refractivity contribution in [3.8, 4) is 16.9 Å². The van der Waals surface area contributed by atoms with E-state index in [1.54, 1.807) is 41.9 Å². The Bertz CT molecular complexity index is 1380. The van der Waals surface area contributed by atoms with Crippen molar-refractivity contribution in [3.63, 3.8) is 0 Å². The molecule has 0 atom stereocenters. The number of halogens is 3. The number of benzene rings is 3. The summed E-state index contributed by atoms with van der Waals surface area (Å²) in [5, 5.41) is 10.4. The highest BCUT2D eigenvalue weighted by molar-refractivity contribution is 6.30. The first kappa shape index (κ1) is 24.9. The lowest BCUT2D eigenvalue weighted by Crippen LogP contribution is -2.40. The van der Waals surface area contributed by atoms with Crippen LogP contribution in [0.4, 0.5) is 25.1 Å². The summed E-state index contributed by atoms with van der Waals surface area (Å²) in [5.74, 6) is -1.77. The minimum Gasteiger partial charge on any atom is -0.315 e. The third-order valence-electron chi connectivity index (χ3n) is 5.29. The van der Waals surface area contributed by atoms with E-state index in [9.17, 15) is 18.4 Å². The van der Waals surface area contributed by atoms with E-state index >= 15 is 0 Å². The molecular weight excluding hydrogens is 488 g/mol. The first-order valence-electron chi connectivity index (χ1n) is 11.1. The number of hydrogen-bond donors (Lipinski definition) is 2. The van der Waals surface area contributed by atoms with Gasteiger partial charge < -0.3 is 15.5 Å². The Morgan fingerprint density at radius 1 is 0.972 bits per heavy atom. The molecule has 7 nitrogen and oxygen atoms in total. The van der Waals surface area contributed by atoms with Crippen LogP contribution in [-0.4, -0.2) is 39.7 Å². The second kappa shape index (κ2) is 11.0. The Hall–Kier alpha value is -4.24. The first-order chi connectivity index (χ1) is 17.3. The molecule has 0 saturated heterocycles. The van der Waals surface area contributed by atoms with Crippen molar-refractivity contribution < 1.29 is 18.4 Å². The molecule has 36 heavy (non-hydrogen) atoms. The number of hydrogen-bond acceptors (Lipinski definition) is 3. The normalized spacial score (nSPS) is 10.7. The number of nitrogens with zero attached hydrogens (tertiary/aromatic N) is 3. The molecule has 0 fully saturated rings. The quantitative estimate of drug-likeness (QED) is 0.322. The predicted octanol–water partition coefficient (Wildman–Crippen LogP) is 5.96. The minimum absolute atomic E-state index is 0.174. The molecule has 10 heteroatoms. The van der Waals surface area contributed by atoms with Crippen molar-refractivity contribution >= 4 is 35.0 Å². The van der Waals surface area contributed by atoms with Crippen molar-refractivity contribution in [3.05, 3.63) is 95.5 Å². The molecule has 0 aliphatic rings. The Morgan fingerprint density at radius 2 is 1.69 bits per heavy atom. The first-order valence-corrected chi connectivity index (χ1v) is 11.4. The molecule has 0 radical (unpaired) electrons. The molecule has 0 spiro atoms. The summed E-state index contributed by atoms with van der Waals surface area (Å²) in [5.41, 5.74) is 1.98.